The van der Waals surface area contributed by atoms with Crippen molar-refractivity contribution in [3.63, 3.8) is 0 Å². The first-order valence-corrected chi connectivity index (χ1v) is 4.87. The molecule has 0 aromatic rings. The maximum atomic E-state index is 11.5. The summed E-state index contributed by atoms with van der Waals surface area (Å²) in [6.45, 7) is 0.702. The highest BCUT2D eigenvalue weighted by atomic mass is 32.2. The lowest BCUT2D eigenvalue weighted by Crippen LogP contribution is -2.18. The van der Waals surface area contributed by atoms with Gasteiger partial charge < -0.3 is 9.84 Å². The summed E-state index contributed by atoms with van der Waals surface area (Å²) in [5, 5.41) is 8.63. The summed E-state index contributed by atoms with van der Waals surface area (Å²) in [6, 6.07) is 0. The van der Waals surface area contributed by atoms with E-state index in [0.717, 1.165) is 0 Å². The van der Waals surface area contributed by atoms with Crippen LogP contribution in [0, 0.1) is 0 Å². The number of aliphatic hydroxyl groups excluding tert-OH is 1. The van der Waals surface area contributed by atoms with Crippen LogP contribution in [0.1, 0.15) is 6.92 Å². The van der Waals surface area contributed by atoms with Crippen molar-refractivity contribution < 1.29 is 23.0 Å². The molecular formula is C7H13F3O2S. The molecule has 0 spiro atoms. The molecule has 0 aliphatic heterocycles. The molecule has 0 aliphatic rings. The largest absolute Gasteiger partial charge is 0.411 e. The Labute approximate surface area is 79.5 Å². The second kappa shape index (κ2) is 6.50. The zero-order chi connectivity index (χ0) is 10.3. The van der Waals surface area contributed by atoms with Crippen LogP contribution >= 0.6 is 11.8 Å². The standard InChI is InChI=1S/C7H13F3O2S/c1-6(4-11)13-3-2-12-5-7(8,9)10/h6,11H,2-5H2,1H3. The Morgan fingerprint density at radius 3 is 2.54 bits per heavy atom. The minimum absolute atomic E-state index is 0.0317. The predicted molar refractivity (Wildman–Crippen MR) is 45.9 cm³/mol. The molecule has 0 saturated carbocycles. The Balaban J connectivity index is 3.18. The molecule has 0 saturated heterocycles. The van der Waals surface area contributed by atoms with E-state index < -0.39 is 12.8 Å². The van der Waals surface area contributed by atoms with Gasteiger partial charge in [-0.2, -0.15) is 24.9 Å². The topological polar surface area (TPSA) is 29.5 Å². The Morgan fingerprint density at radius 1 is 1.46 bits per heavy atom. The number of alkyl halides is 3. The van der Waals surface area contributed by atoms with Crippen molar-refractivity contribution in [2.24, 2.45) is 0 Å². The number of rotatable bonds is 6. The molecule has 0 rings (SSSR count). The van der Waals surface area contributed by atoms with E-state index in [9.17, 15) is 13.2 Å². The third-order valence-corrected chi connectivity index (χ3v) is 2.27. The smallest absolute Gasteiger partial charge is 0.395 e. The number of ether oxygens (including phenoxy) is 1. The van der Waals surface area contributed by atoms with Gasteiger partial charge in [0.1, 0.15) is 6.61 Å². The average Bonchev–Trinajstić information content (AvgIpc) is 2.01. The Morgan fingerprint density at radius 2 is 2.08 bits per heavy atom. The quantitative estimate of drug-likeness (QED) is 0.688. The molecule has 0 aromatic heterocycles. The van der Waals surface area contributed by atoms with E-state index in [1.165, 1.54) is 11.8 Å². The molecule has 0 aromatic carbocycles. The fourth-order valence-corrected chi connectivity index (χ4v) is 1.27. The molecule has 0 bridgehead atoms. The highest BCUT2D eigenvalue weighted by Gasteiger charge is 2.27. The molecule has 1 unspecified atom stereocenters. The molecule has 2 nitrogen and oxygen atoms in total. The summed E-state index contributed by atoms with van der Waals surface area (Å²) in [7, 11) is 0. The number of hydrogen-bond acceptors (Lipinski definition) is 3. The van der Waals surface area contributed by atoms with Crippen LogP contribution in [-0.4, -0.2) is 42.1 Å². The summed E-state index contributed by atoms with van der Waals surface area (Å²) < 4.78 is 39.0. The van der Waals surface area contributed by atoms with Crippen LogP contribution in [0.5, 0.6) is 0 Å². The van der Waals surface area contributed by atoms with Crippen molar-refractivity contribution in [1.29, 1.82) is 0 Å². The summed E-state index contributed by atoms with van der Waals surface area (Å²) in [6.07, 6.45) is -4.24. The van der Waals surface area contributed by atoms with E-state index in [1.807, 2.05) is 0 Å². The van der Waals surface area contributed by atoms with Crippen LogP contribution in [0.4, 0.5) is 13.2 Å². The summed E-state index contributed by atoms with van der Waals surface area (Å²) in [5.74, 6) is 0.470. The molecule has 0 fully saturated rings. The van der Waals surface area contributed by atoms with Gasteiger partial charge in [0.05, 0.1) is 13.2 Å². The van der Waals surface area contributed by atoms with Crippen LogP contribution in [0.25, 0.3) is 0 Å². The molecule has 13 heavy (non-hydrogen) atoms. The van der Waals surface area contributed by atoms with Crippen LogP contribution in [0.2, 0.25) is 0 Å². The lowest BCUT2D eigenvalue weighted by atomic mass is 10.5. The maximum absolute atomic E-state index is 11.5. The summed E-state index contributed by atoms with van der Waals surface area (Å²) in [5.41, 5.74) is 0. The third-order valence-electron chi connectivity index (χ3n) is 1.15. The van der Waals surface area contributed by atoms with Crippen LogP contribution in [0.15, 0.2) is 0 Å². The lowest BCUT2D eigenvalue weighted by molar-refractivity contribution is -0.172. The zero-order valence-electron chi connectivity index (χ0n) is 7.30. The normalized spacial score (nSPS) is 14.5. The summed E-state index contributed by atoms with van der Waals surface area (Å²) in [4.78, 5) is 0. The molecule has 0 radical (unpaired) electrons. The van der Waals surface area contributed by atoms with Gasteiger partial charge in [0, 0.05) is 11.0 Å². The van der Waals surface area contributed by atoms with E-state index >= 15 is 0 Å². The molecule has 6 heteroatoms. The van der Waals surface area contributed by atoms with E-state index in [1.54, 1.807) is 6.92 Å². The lowest BCUT2D eigenvalue weighted by Gasteiger charge is -2.09. The van der Waals surface area contributed by atoms with Crippen molar-refractivity contribution in [2.75, 3.05) is 25.6 Å². The number of halogens is 3. The predicted octanol–water partition coefficient (Wildman–Crippen LogP) is 1.68. The van der Waals surface area contributed by atoms with Gasteiger partial charge in [-0.05, 0) is 0 Å². The first kappa shape index (κ1) is 13.1. The second-order valence-electron chi connectivity index (χ2n) is 2.53. The van der Waals surface area contributed by atoms with Gasteiger partial charge in [0.25, 0.3) is 0 Å². The van der Waals surface area contributed by atoms with Gasteiger partial charge in [0.15, 0.2) is 0 Å². The van der Waals surface area contributed by atoms with E-state index in [0.29, 0.717) is 5.75 Å². The zero-order valence-corrected chi connectivity index (χ0v) is 8.12. The molecule has 1 atom stereocenters. The van der Waals surface area contributed by atoms with Gasteiger partial charge in [-0.1, -0.05) is 6.92 Å². The molecule has 1 N–H and O–H groups in total. The highest BCUT2D eigenvalue weighted by Crippen LogP contribution is 2.15. The van der Waals surface area contributed by atoms with Gasteiger partial charge in [0.2, 0.25) is 0 Å². The van der Waals surface area contributed by atoms with Crippen molar-refractivity contribution in [2.45, 2.75) is 18.3 Å². The fourth-order valence-electron chi connectivity index (χ4n) is 0.549. The monoisotopic (exact) mass is 218 g/mol. The minimum atomic E-state index is -4.24. The summed E-state index contributed by atoms with van der Waals surface area (Å²) >= 11 is 1.38. The van der Waals surface area contributed by atoms with Gasteiger partial charge >= 0.3 is 6.18 Å². The molecule has 0 aliphatic carbocycles. The molecule has 80 valence electrons. The van der Waals surface area contributed by atoms with Crippen molar-refractivity contribution in [3.8, 4) is 0 Å². The third kappa shape index (κ3) is 9.98. The van der Waals surface area contributed by atoms with Gasteiger partial charge in [-0.15, -0.1) is 0 Å². The fraction of sp³-hybridized carbons (Fsp3) is 1.00. The van der Waals surface area contributed by atoms with E-state index in [4.69, 9.17) is 5.11 Å². The SMILES string of the molecule is CC(CO)SCCOCC(F)(F)F. The first-order valence-electron chi connectivity index (χ1n) is 3.82. The Bertz CT molecular complexity index is 129. The van der Waals surface area contributed by atoms with Gasteiger partial charge in [-0.3, -0.25) is 0 Å². The van der Waals surface area contributed by atoms with Crippen molar-refractivity contribution >= 4 is 11.8 Å². The first-order chi connectivity index (χ1) is 5.95. The second-order valence-corrected chi connectivity index (χ2v) is 4.08. The van der Waals surface area contributed by atoms with E-state index in [-0.39, 0.29) is 18.5 Å². The van der Waals surface area contributed by atoms with Crippen molar-refractivity contribution in [3.05, 3.63) is 0 Å². The molecule has 0 heterocycles. The van der Waals surface area contributed by atoms with E-state index in [2.05, 4.69) is 4.74 Å². The number of aliphatic hydroxyl groups is 1. The van der Waals surface area contributed by atoms with Crippen molar-refractivity contribution in [1.82, 2.24) is 0 Å². The average molecular weight is 218 g/mol. The minimum Gasteiger partial charge on any atom is -0.395 e. The highest BCUT2D eigenvalue weighted by molar-refractivity contribution is 7.99. The number of thioether (sulfide) groups is 1. The Hall–Kier alpha value is 0.0600. The number of hydrogen-bond donors (Lipinski definition) is 1. The maximum Gasteiger partial charge on any atom is 0.411 e. The molecular weight excluding hydrogens is 205 g/mol. The van der Waals surface area contributed by atoms with Crippen LogP contribution in [-0.2, 0) is 4.74 Å². The molecule has 0 amide bonds. The van der Waals surface area contributed by atoms with Crippen LogP contribution < -0.4 is 0 Å². The Kier molecular flexibility index (Phi) is 6.53. The van der Waals surface area contributed by atoms with Crippen LogP contribution in [0.3, 0.4) is 0 Å². The van der Waals surface area contributed by atoms with Gasteiger partial charge in [-0.25, -0.2) is 0 Å².